The Bertz CT molecular complexity index is 350. The van der Waals surface area contributed by atoms with E-state index >= 15 is 0 Å². The lowest BCUT2D eigenvalue weighted by molar-refractivity contribution is 0.0968. The standard InChI is InChI=1S/C10H12BrNO2/c1-6(12)10(13)7-3-4-9(14-2)8(11)5-7/h3-6H,12H2,1-2H3. The van der Waals surface area contributed by atoms with Gasteiger partial charge >= 0.3 is 0 Å². The van der Waals surface area contributed by atoms with Crippen molar-refractivity contribution in [2.75, 3.05) is 7.11 Å². The number of hydrogen-bond acceptors (Lipinski definition) is 3. The van der Waals surface area contributed by atoms with Crippen molar-refractivity contribution in [3.8, 4) is 5.75 Å². The van der Waals surface area contributed by atoms with Crippen LogP contribution < -0.4 is 10.5 Å². The van der Waals surface area contributed by atoms with Crippen LogP contribution in [0.3, 0.4) is 0 Å². The van der Waals surface area contributed by atoms with E-state index in [9.17, 15) is 4.79 Å². The van der Waals surface area contributed by atoms with E-state index in [4.69, 9.17) is 10.5 Å². The number of ether oxygens (including phenoxy) is 1. The average molecular weight is 258 g/mol. The summed E-state index contributed by atoms with van der Waals surface area (Å²) < 4.78 is 5.81. The van der Waals surface area contributed by atoms with E-state index in [0.29, 0.717) is 11.3 Å². The zero-order valence-electron chi connectivity index (χ0n) is 8.08. The van der Waals surface area contributed by atoms with Crippen LogP contribution in [0.15, 0.2) is 22.7 Å². The quantitative estimate of drug-likeness (QED) is 0.843. The fourth-order valence-corrected chi connectivity index (χ4v) is 1.62. The minimum atomic E-state index is -0.477. The molecule has 0 fully saturated rings. The number of nitrogens with two attached hydrogens (primary N) is 1. The summed E-state index contributed by atoms with van der Waals surface area (Å²) in [6, 6.07) is 4.68. The third-order valence-corrected chi connectivity index (χ3v) is 2.47. The van der Waals surface area contributed by atoms with Gasteiger partial charge in [-0.15, -0.1) is 0 Å². The van der Waals surface area contributed by atoms with Gasteiger partial charge in [0.15, 0.2) is 5.78 Å². The van der Waals surface area contributed by atoms with Gasteiger partial charge in [0.25, 0.3) is 0 Å². The number of carbonyl (C=O) groups is 1. The molecule has 0 aliphatic rings. The molecular formula is C10H12BrNO2. The van der Waals surface area contributed by atoms with Crippen LogP contribution in [0.2, 0.25) is 0 Å². The molecular weight excluding hydrogens is 246 g/mol. The van der Waals surface area contributed by atoms with Crippen LogP contribution in [0.25, 0.3) is 0 Å². The van der Waals surface area contributed by atoms with Crippen LogP contribution in [0.4, 0.5) is 0 Å². The summed E-state index contributed by atoms with van der Waals surface area (Å²) in [6.45, 7) is 1.67. The number of carbonyl (C=O) groups excluding carboxylic acids is 1. The number of Topliss-reactive ketones (excluding diaryl/α,β-unsaturated/α-hetero) is 1. The highest BCUT2D eigenvalue weighted by atomic mass is 79.9. The van der Waals surface area contributed by atoms with Gasteiger partial charge in [-0.05, 0) is 41.1 Å². The Labute approximate surface area is 91.4 Å². The van der Waals surface area contributed by atoms with Crippen molar-refractivity contribution in [3.63, 3.8) is 0 Å². The third kappa shape index (κ3) is 2.33. The molecule has 0 aliphatic carbocycles. The van der Waals surface area contributed by atoms with E-state index in [0.717, 1.165) is 4.47 Å². The SMILES string of the molecule is COc1ccc(C(=O)C(C)N)cc1Br. The molecule has 14 heavy (non-hydrogen) atoms. The Hall–Kier alpha value is -0.870. The Morgan fingerprint density at radius 3 is 2.64 bits per heavy atom. The zero-order chi connectivity index (χ0) is 10.7. The van der Waals surface area contributed by atoms with Crippen LogP contribution in [-0.4, -0.2) is 18.9 Å². The molecule has 1 rings (SSSR count). The minimum absolute atomic E-state index is 0.0756. The molecule has 0 bridgehead atoms. The molecule has 0 aliphatic heterocycles. The smallest absolute Gasteiger partial charge is 0.179 e. The van der Waals surface area contributed by atoms with Gasteiger partial charge < -0.3 is 10.5 Å². The molecule has 2 N–H and O–H groups in total. The summed E-state index contributed by atoms with van der Waals surface area (Å²) in [5.41, 5.74) is 6.08. The second-order valence-corrected chi connectivity index (χ2v) is 3.86. The first kappa shape index (κ1) is 11.2. The van der Waals surface area contributed by atoms with E-state index in [1.807, 2.05) is 0 Å². The molecule has 0 heterocycles. The monoisotopic (exact) mass is 257 g/mol. The summed E-state index contributed by atoms with van der Waals surface area (Å²) in [5.74, 6) is 0.625. The lowest BCUT2D eigenvalue weighted by Gasteiger charge is -2.07. The predicted octanol–water partition coefficient (Wildman–Crippen LogP) is 1.99. The number of ketones is 1. The molecule has 1 unspecified atom stereocenters. The van der Waals surface area contributed by atoms with Crippen LogP contribution in [0.5, 0.6) is 5.75 Å². The topological polar surface area (TPSA) is 52.3 Å². The van der Waals surface area contributed by atoms with E-state index < -0.39 is 6.04 Å². The molecule has 0 saturated heterocycles. The van der Waals surface area contributed by atoms with Gasteiger partial charge in [0.1, 0.15) is 5.75 Å². The number of halogens is 1. The lowest BCUT2D eigenvalue weighted by atomic mass is 10.1. The molecule has 0 radical (unpaired) electrons. The summed E-state index contributed by atoms with van der Waals surface area (Å²) in [5, 5.41) is 0. The van der Waals surface area contributed by atoms with Gasteiger partial charge in [-0.1, -0.05) is 0 Å². The lowest BCUT2D eigenvalue weighted by Crippen LogP contribution is -2.26. The van der Waals surface area contributed by atoms with Crippen molar-refractivity contribution in [2.45, 2.75) is 13.0 Å². The van der Waals surface area contributed by atoms with Crippen molar-refractivity contribution >= 4 is 21.7 Å². The normalized spacial score (nSPS) is 12.3. The number of methoxy groups -OCH3 is 1. The van der Waals surface area contributed by atoms with Crippen LogP contribution in [0.1, 0.15) is 17.3 Å². The molecule has 0 saturated carbocycles. The van der Waals surface area contributed by atoms with Gasteiger partial charge in [0.05, 0.1) is 17.6 Å². The first-order chi connectivity index (χ1) is 6.56. The fourth-order valence-electron chi connectivity index (χ4n) is 1.08. The molecule has 0 amide bonds. The molecule has 1 aromatic carbocycles. The first-order valence-corrected chi connectivity index (χ1v) is 4.99. The van der Waals surface area contributed by atoms with Crippen LogP contribution in [-0.2, 0) is 0 Å². The minimum Gasteiger partial charge on any atom is -0.496 e. The van der Waals surface area contributed by atoms with Gasteiger partial charge in [0, 0.05) is 5.56 Å². The number of benzene rings is 1. The molecule has 3 nitrogen and oxygen atoms in total. The molecule has 76 valence electrons. The Kier molecular flexibility index (Phi) is 3.66. The van der Waals surface area contributed by atoms with E-state index in [1.54, 1.807) is 32.2 Å². The largest absolute Gasteiger partial charge is 0.496 e. The Morgan fingerprint density at radius 2 is 2.21 bits per heavy atom. The Balaban J connectivity index is 3.03. The van der Waals surface area contributed by atoms with Gasteiger partial charge in [0.2, 0.25) is 0 Å². The van der Waals surface area contributed by atoms with Crippen molar-refractivity contribution in [1.29, 1.82) is 0 Å². The van der Waals surface area contributed by atoms with Crippen molar-refractivity contribution in [3.05, 3.63) is 28.2 Å². The first-order valence-electron chi connectivity index (χ1n) is 4.19. The maximum absolute atomic E-state index is 11.5. The summed E-state index contributed by atoms with van der Waals surface area (Å²) in [7, 11) is 1.58. The summed E-state index contributed by atoms with van der Waals surface area (Å²) >= 11 is 3.31. The molecule has 1 atom stereocenters. The van der Waals surface area contributed by atoms with Crippen molar-refractivity contribution < 1.29 is 9.53 Å². The van der Waals surface area contributed by atoms with Crippen LogP contribution >= 0.6 is 15.9 Å². The summed E-state index contributed by atoms with van der Waals surface area (Å²) in [6.07, 6.45) is 0. The molecule has 0 spiro atoms. The molecule has 0 aromatic heterocycles. The zero-order valence-corrected chi connectivity index (χ0v) is 9.67. The maximum Gasteiger partial charge on any atom is 0.179 e. The van der Waals surface area contributed by atoms with Crippen molar-refractivity contribution in [1.82, 2.24) is 0 Å². The molecule has 1 aromatic rings. The van der Waals surface area contributed by atoms with Gasteiger partial charge in [-0.2, -0.15) is 0 Å². The summed E-state index contributed by atoms with van der Waals surface area (Å²) in [4.78, 5) is 11.5. The number of hydrogen-bond donors (Lipinski definition) is 1. The second kappa shape index (κ2) is 4.57. The third-order valence-electron chi connectivity index (χ3n) is 1.85. The maximum atomic E-state index is 11.5. The highest BCUT2D eigenvalue weighted by Crippen LogP contribution is 2.25. The predicted molar refractivity (Wildman–Crippen MR) is 58.7 cm³/mol. The second-order valence-electron chi connectivity index (χ2n) is 3.00. The highest BCUT2D eigenvalue weighted by Gasteiger charge is 2.12. The average Bonchev–Trinajstić information content (AvgIpc) is 2.16. The van der Waals surface area contributed by atoms with Crippen molar-refractivity contribution in [2.24, 2.45) is 5.73 Å². The Morgan fingerprint density at radius 1 is 1.57 bits per heavy atom. The highest BCUT2D eigenvalue weighted by molar-refractivity contribution is 9.10. The fraction of sp³-hybridized carbons (Fsp3) is 0.300. The van der Waals surface area contributed by atoms with E-state index in [2.05, 4.69) is 15.9 Å². The number of rotatable bonds is 3. The van der Waals surface area contributed by atoms with E-state index in [-0.39, 0.29) is 5.78 Å². The van der Waals surface area contributed by atoms with E-state index in [1.165, 1.54) is 0 Å². The van der Waals surface area contributed by atoms with Gasteiger partial charge in [-0.25, -0.2) is 0 Å². The van der Waals surface area contributed by atoms with Crippen LogP contribution in [0, 0.1) is 0 Å². The molecule has 4 heteroatoms. The van der Waals surface area contributed by atoms with Gasteiger partial charge in [-0.3, -0.25) is 4.79 Å².